The van der Waals surface area contributed by atoms with Crippen LogP contribution in [-0.2, 0) is 6.42 Å². The van der Waals surface area contributed by atoms with Crippen LogP contribution in [0, 0.1) is 11.3 Å². The first-order chi connectivity index (χ1) is 9.89. The van der Waals surface area contributed by atoms with Crippen LogP contribution in [0.4, 0.5) is 23.9 Å². The minimum Gasteiger partial charge on any atom is -0.345 e. The molecule has 1 aromatic heterocycles. The Morgan fingerprint density at radius 2 is 1.95 bits per heavy atom. The number of rotatable bonds is 4. The maximum Gasteiger partial charge on any atom is 0.389 e. The molecule has 0 aliphatic heterocycles. The van der Waals surface area contributed by atoms with Crippen molar-refractivity contribution >= 4 is 33.8 Å². The van der Waals surface area contributed by atoms with Crippen LogP contribution >= 0.6 is 23.1 Å². The summed E-state index contributed by atoms with van der Waals surface area (Å²) in [5.74, 6) is 0. The monoisotopic (exact) mass is 331 g/mol. The molecular weight excluding hydrogens is 323 g/mol. The fourth-order valence-electron chi connectivity index (χ4n) is 1.62. The molecule has 21 heavy (non-hydrogen) atoms. The van der Waals surface area contributed by atoms with Crippen LogP contribution in [0.2, 0.25) is 5.15 Å². The summed E-state index contributed by atoms with van der Waals surface area (Å²) in [6.07, 6.45) is -5.06. The zero-order chi connectivity index (χ0) is 15.5. The van der Waals surface area contributed by atoms with E-state index in [1.54, 1.807) is 24.3 Å². The highest BCUT2D eigenvalue weighted by atomic mass is 35.5. The SMILES string of the molecule is N#Cc1c(Cl)nsc1Nc1ccc(CCC(F)(F)F)cc1. The normalized spacial score (nSPS) is 11.2. The number of nitrogens with zero attached hydrogens (tertiary/aromatic N) is 2. The van der Waals surface area contributed by atoms with E-state index in [-0.39, 0.29) is 17.1 Å². The zero-order valence-electron chi connectivity index (χ0n) is 10.5. The molecular formula is C13H9ClF3N3S. The fourth-order valence-corrected chi connectivity index (χ4v) is 2.58. The number of halogens is 4. The minimum absolute atomic E-state index is 0.0559. The van der Waals surface area contributed by atoms with Crippen LogP contribution in [-0.4, -0.2) is 10.5 Å². The van der Waals surface area contributed by atoms with Gasteiger partial charge in [-0.15, -0.1) is 0 Å². The first kappa shape index (κ1) is 15.6. The molecule has 0 aliphatic rings. The molecule has 1 N–H and O–H groups in total. The van der Waals surface area contributed by atoms with Gasteiger partial charge in [-0.25, -0.2) is 0 Å². The number of benzene rings is 1. The van der Waals surface area contributed by atoms with Gasteiger partial charge in [0.25, 0.3) is 0 Å². The van der Waals surface area contributed by atoms with Gasteiger partial charge in [-0.2, -0.15) is 22.8 Å². The van der Waals surface area contributed by atoms with E-state index in [9.17, 15) is 13.2 Å². The summed E-state index contributed by atoms with van der Waals surface area (Å²) in [6.45, 7) is 0. The average molecular weight is 332 g/mol. The second kappa shape index (κ2) is 6.33. The van der Waals surface area contributed by atoms with Crippen molar-refractivity contribution in [2.75, 3.05) is 5.32 Å². The summed E-state index contributed by atoms with van der Waals surface area (Å²) in [4.78, 5) is 0. The van der Waals surface area contributed by atoms with Crippen molar-refractivity contribution in [3.8, 4) is 6.07 Å². The number of nitriles is 1. The fraction of sp³-hybridized carbons (Fsp3) is 0.231. The van der Waals surface area contributed by atoms with Gasteiger partial charge in [-0.1, -0.05) is 23.7 Å². The summed E-state index contributed by atoms with van der Waals surface area (Å²) in [5.41, 5.74) is 1.51. The number of hydrogen-bond acceptors (Lipinski definition) is 4. The number of aryl methyl sites for hydroxylation is 1. The number of aromatic nitrogens is 1. The molecule has 2 aromatic rings. The second-order valence-electron chi connectivity index (χ2n) is 4.23. The first-order valence-corrected chi connectivity index (χ1v) is 7.02. The van der Waals surface area contributed by atoms with Crippen LogP contribution in [0.3, 0.4) is 0 Å². The lowest BCUT2D eigenvalue weighted by Gasteiger charge is -2.07. The van der Waals surface area contributed by atoms with Crippen molar-refractivity contribution < 1.29 is 13.2 Å². The molecule has 8 heteroatoms. The van der Waals surface area contributed by atoms with Crippen molar-refractivity contribution in [1.29, 1.82) is 5.26 Å². The molecule has 1 aromatic carbocycles. The molecule has 110 valence electrons. The minimum atomic E-state index is -4.15. The number of hydrogen-bond donors (Lipinski definition) is 1. The Kier molecular flexibility index (Phi) is 4.70. The molecule has 1 heterocycles. The molecule has 3 nitrogen and oxygen atoms in total. The Morgan fingerprint density at radius 1 is 1.29 bits per heavy atom. The summed E-state index contributed by atoms with van der Waals surface area (Å²) in [7, 11) is 0. The van der Waals surface area contributed by atoms with Crippen molar-refractivity contribution in [2.45, 2.75) is 19.0 Å². The highest BCUT2D eigenvalue weighted by Crippen LogP contribution is 2.30. The first-order valence-electron chi connectivity index (χ1n) is 5.87. The van der Waals surface area contributed by atoms with E-state index in [0.29, 0.717) is 16.3 Å². The molecule has 0 fully saturated rings. The summed E-state index contributed by atoms with van der Waals surface area (Å²) in [6, 6.07) is 8.48. The van der Waals surface area contributed by atoms with E-state index in [2.05, 4.69) is 9.69 Å². The standard InChI is InChI=1S/C13H9ClF3N3S/c14-11-10(7-18)12(21-20-11)19-9-3-1-8(2-4-9)5-6-13(15,16)17/h1-4,19H,5-6H2. The molecule has 0 aliphatic carbocycles. The Labute approximate surface area is 128 Å². The van der Waals surface area contributed by atoms with Crippen molar-refractivity contribution in [1.82, 2.24) is 4.37 Å². The summed E-state index contributed by atoms with van der Waals surface area (Å²) < 4.78 is 40.3. The molecule has 0 unspecified atom stereocenters. The van der Waals surface area contributed by atoms with E-state index >= 15 is 0 Å². The molecule has 0 spiro atoms. The lowest BCUT2D eigenvalue weighted by atomic mass is 10.1. The number of alkyl halides is 3. The van der Waals surface area contributed by atoms with Gasteiger partial charge in [-0.05, 0) is 35.6 Å². The van der Waals surface area contributed by atoms with Gasteiger partial charge in [-0.3, -0.25) is 0 Å². The predicted octanol–water partition coefficient (Wildman–Crippen LogP) is 4.91. The maximum atomic E-state index is 12.1. The Balaban J connectivity index is 2.04. The lowest BCUT2D eigenvalue weighted by molar-refractivity contribution is -0.133. The van der Waals surface area contributed by atoms with E-state index in [4.69, 9.17) is 16.9 Å². The van der Waals surface area contributed by atoms with Gasteiger partial charge < -0.3 is 5.32 Å². The molecule has 0 saturated heterocycles. The predicted molar refractivity (Wildman–Crippen MR) is 75.9 cm³/mol. The van der Waals surface area contributed by atoms with E-state index in [1.165, 1.54) is 0 Å². The Morgan fingerprint density at radius 3 is 2.52 bits per heavy atom. The molecule has 0 bridgehead atoms. The topological polar surface area (TPSA) is 48.7 Å². The summed E-state index contributed by atoms with van der Waals surface area (Å²) >= 11 is 6.80. The van der Waals surface area contributed by atoms with Crippen molar-refractivity contribution in [2.24, 2.45) is 0 Å². The largest absolute Gasteiger partial charge is 0.389 e. The van der Waals surface area contributed by atoms with E-state index in [1.807, 2.05) is 6.07 Å². The second-order valence-corrected chi connectivity index (χ2v) is 5.36. The molecule has 0 amide bonds. The lowest BCUT2D eigenvalue weighted by Crippen LogP contribution is -2.08. The third-order valence-electron chi connectivity index (χ3n) is 2.67. The molecule has 2 rings (SSSR count). The van der Waals surface area contributed by atoms with Gasteiger partial charge in [0.05, 0.1) is 0 Å². The quantitative estimate of drug-likeness (QED) is 0.866. The smallest absolute Gasteiger partial charge is 0.345 e. The van der Waals surface area contributed by atoms with Crippen molar-refractivity contribution in [3.05, 3.63) is 40.5 Å². The van der Waals surface area contributed by atoms with Crippen LogP contribution in [0.5, 0.6) is 0 Å². The van der Waals surface area contributed by atoms with Crippen LogP contribution in [0.25, 0.3) is 0 Å². The number of nitrogens with one attached hydrogen (secondary N) is 1. The molecule has 0 saturated carbocycles. The zero-order valence-corrected chi connectivity index (χ0v) is 12.1. The van der Waals surface area contributed by atoms with Gasteiger partial charge in [0, 0.05) is 12.1 Å². The Hall–Kier alpha value is -1.78. The molecule has 0 atom stereocenters. The third kappa shape index (κ3) is 4.34. The molecule has 0 radical (unpaired) electrons. The van der Waals surface area contributed by atoms with Gasteiger partial charge >= 0.3 is 6.18 Å². The maximum absolute atomic E-state index is 12.1. The van der Waals surface area contributed by atoms with Gasteiger partial charge in [0.15, 0.2) is 5.15 Å². The third-order valence-corrected chi connectivity index (χ3v) is 3.81. The van der Waals surface area contributed by atoms with Gasteiger partial charge in [0.2, 0.25) is 0 Å². The van der Waals surface area contributed by atoms with E-state index in [0.717, 1.165) is 11.5 Å². The van der Waals surface area contributed by atoms with Crippen LogP contribution in [0.1, 0.15) is 17.5 Å². The van der Waals surface area contributed by atoms with Gasteiger partial charge in [0.1, 0.15) is 16.6 Å². The summed E-state index contributed by atoms with van der Waals surface area (Å²) in [5, 5.41) is 12.5. The van der Waals surface area contributed by atoms with E-state index < -0.39 is 12.6 Å². The number of anilines is 2. The Bertz CT molecular complexity index is 659. The highest BCUT2D eigenvalue weighted by Gasteiger charge is 2.26. The van der Waals surface area contributed by atoms with Crippen LogP contribution in [0.15, 0.2) is 24.3 Å². The van der Waals surface area contributed by atoms with Crippen molar-refractivity contribution in [3.63, 3.8) is 0 Å². The highest BCUT2D eigenvalue weighted by molar-refractivity contribution is 7.10. The van der Waals surface area contributed by atoms with Crippen LogP contribution < -0.4 is 5.32 Å². The average Bonchev–Trinajstić information content (AvgIpc) is 2.77.